The highest BCUT2D eigenvalue weighted by molar-refractivity contribution is 7.91. The van der Waals surface area contributed by atoms with Crippen LogP contribution in [0.4, 0.5) is 0 Å². The summed E-state index contributed by atoms with van der Waals surface area (Å²) in [6.45, 7) is 1.80. The van der Waals surface area contributed by atoms with Crippen LogP contribution in [0.3, 0.4) is 0 Å². The van der Waals surface area contributed by atoms with Crippen LogP contribution in [0.15, 0.2) is 5.38 Å². The summed E-state index contributed by atoms with van der Waals surface area (Å²) >= 11 is 1.51. The summed E-state index contributed by atoms with van der Waals surface area (Å²) in [5.74, 6) is 0.483. The van der Waals surface area contributed by atoms with Gasteiger partial charge in [-0.25, -0.2) is 13.4 Å². The maximum atomic E-state index is 11.2. The number of aliphatic hydroxyl groups excluding tert-OH is 1. The summed E-state index contributed by atoms with van der Waals surface area (Å²) in [5, 5.41) is 11.6. The summed E-state index contributed by atoms with van der Waals surface area (Å²) in [6, 6.07) is 0. The van der Waals surface area contributed by atoms with Crippen molar-refractivity contribution in [3.8, 4) is 0 Å². The van der Waals surface area contributed by atoms with E-state index < -0.39 is 9.84 Å². The Morgan fingerprint density at radius 2 is 2.12 bits per heavy atom. The number of sulfone groups is 1. The van der Waals surface area contributed by atoms with Crippen molar-refractivity contribution in [2.45, 2.75) is 13.2 Å². The third-order valence-electron chi connectivity index (χ3n) is 2.56. The fraction of sp³-hybridized carbons (Fsp3) is 0.667. The van der Waals surface area contributed by atoms with Crippen LogP contribution in [0, 0.1) is 0 Å². The Balaban J connectivity index is 1.91. The van der Waals surface area contributed by atoms with Crippen molar-refractivity contribution < 1.29 is 13.5 Å². The highest BCUT2D eigenvalue weighted by Crippen LogP contribution is 2.14. The van der Waals surface area contributed by atoms with Crippen molar-refractivity contribution in [1.82, 2.24) is 9.88 Å². The molecule has 1 N–H and O–H groups in total. The first-order valence-electron chi connectivity index (χ1n) is 5.06. The third-order valence-corrected chi connectivity index (χ3v) is 5.05. The first kappa shape index (κ1) is 12.0. The Morgan fingerprint density at radius 1 is 1.44 bits per heavy atom. The molecule has 0 radical (unpaired) electrons. The van der Waals surface area contributed by atoms with Crippen molar-refractivity contribution in [1.29, 1.82) is 0 Å². The molecule has 16 heavy (non-hydrogen) atoms. The second-order valence-electron chi connectivity index (χ2n) is 3.82. The standard InChI is InChI=1S/C9H14N2O3S2/c12-6-8-7-15-9(10-8)5-11-1-3-16(13,14)4-2-11/h7,12H,1-6H2. The van der Waals surface area contributed by atoms with E-state index in [-0.39, 0.29) is 18.1 Å². The fourth-order valence-corrected chi connectivity index (χ4v) is 3.70. The van der Waals surface area contributed by atoms with Gasteiger partial charge in [0.15, 0.2) is 9.84 Å². The van der Waals surface area contributed by atoms with Crippen LogP contribution in [0.1, 0.15) is 10.7 Å². The molecule has 0 amide bonds. The minimum Gasteiger partial charge on any atom is -0.390 e. The molecule has 0 atom stereocenters. The zero-order chi connectivity index (χ0) is 11.6. The minimum absolute atomic E-state index is 0.0368. The Morgan fingerprint density at radius 3 is 2.69 bits per heavy atom. The van der Waals surface area contributed by atoms with Gasteiger partial charge in [-0.15, -0.1) is 11.3 Å². The zero-order valence-electron chi connectivity index (χ0n) is 8.79. The van der Waals surface area contributed by atoms with E-state index >= 15 is 0 Å². The summed E-state index contributed by atoms with van der Waals surface area (Å²) in [5.41, 5.74) is 0.685. The number of aliphatic hydroxyl groups is 1. The van der Waals surface area contributed by atoms with Gasteiger partial charge < -0.3 is 5.11 Å². The molecule has 1 aliphatic heterocycles. The summed E-state index contributed by atoms with van der Waals surface area (Å²) in [6.07, 6.45) is 0. The van der Waals surface area contributed by atoms with Gasteiger partial charge in [-0.1, -0.05) is 0 Å². The third kappa shape index (κ3) is 3.00. The molecular formula is C9H14N2O3S2. The van der Waals surface area contributed by atoms with Gasteiger partial charge in [0.2, 0.25) is 0 Å². The number of hydrogen-bond donors (Lipinski definition) is 1. The number of hydrogen-bond acceptors (Lipinski definition) is 6. The van der Waals surface area contributed by atoms with E-state index in [1.54, 1.807) is 0 Å². The minimum atomic E-state index is -2.81. The largest absolute Gasteiger partial charge is 0.390 e. The summed E-state index contributed by atoms with van der Waals surface area (Å²) in [4.78, 5) is 6.32. The molecule has 7 heteroatoms. The Kier molecular flexibility index (Phi) is 3.58. The molecule has 5 nitrogen and oxygen atoms in total. The van der Waals surface area contributed by atoms with Gasteiger partial charge in [-0.2, -0.15) is 0 Å². The average molecular weight is 262 g/mol. The summed E-state index contributed by atoms with van der Waals surface area (Å²) < 4.78 is 22.5. The molecule has 2 heterocycles. The lowest BCUT2D eigenvalue weighted by Gasteiger charge is -2.25. The number of thiazole rings is 1. The van der Waals surface area contributed by atoms with Crippen LogP contribution in [0.25, 0.3) is 0 Å². The van der Waals surface area contributed by atoms with Crippen LogP contribution in [0.2, 0.25) is 0 Å². The quantitative estimate of drug-likeness (QED) is 0.821. The predicted molar refractivity (Wildman–Crippen MR) is 62.0 cm³/mol. The average Bonchev–Trinajstić information content (AvgIpc) is 2.69. The second kappa shape index (κ2) is 4.79. The molecule has 1 fully saturated rings. The van der Waals surface area contributed by atoms with E-state index in [1.807, 2.05) is 5.38 Å². The van der Waals surface area contributed by atoms with E-state index in [0.717, 1.165) is 5.01 Å². The second-order valence-corrected chi connectivity index (χ2v) is 7.06. The first-order valence-corrected chi connectivity index (χ1v) is 7.76. The molecule has 0 unspecified atom stereocenters. The summed E-state index contributed by atoms with van der Waals surface area (Å²) in [7, 11) is -2.81. The fourth-order valence-electron chi connectivity index (χ4n) is 1.59. The molecule has 90 valence electrons. The van der Waals surface area contributed by atoms with Crippen molar-refractivity contribution in [2.75, 3.05) is 24.6 Å². The molecule has 0 aliphatic carbocycles. The highest BCUT2D eigenvalue weighted by Gasteiger charge is 2.22. The van der Waals surface area contributed by atoms with Crippen LogP contribution in [0.5, 0.6) is 0 Å². The van der Waals surface area contributed by atoms with Crippen molar-refractivity contribution in [2.24, 2.45) is 0 Å². The molecule has 2 rings (SSSR count). The van der Waals surface area contributed by atoms with Crippen LogP contribution in [-0.2, 0) is 23.0 Å². The van der Waals surface area contributed by atoms with Crippen molar-refractivity contribution >= 4 is 21.2 Å². The number of rotatable bonds is 3. The van der Waals surface area contributed by atoms with E-state index in [2.05, 4.69) is 9.88 Å². The zero-order valence-corrected chi connectivity index (χ0v) is 10.4. The molecule has 0 aromatic carbocycles. The Bertz CT molecular complexity index is 441. The molecule has 1 aromatic heterocycles. The first-order chi connectivity index (χ1) is 7.59. The van der Waals surface area contributed by atoms with Crippen molar-refractivity contribution in [3.63, 3.8) is 0 Å². The van der Waals surface area contributed by atoms with Gasteiger partial charge in [-0.3, -0.25) is 4.90 Å². The van der Waals surface area contributed by atoms with Crippen LogP contribution >= 0.6 is 11.3 Å². The molecule has 1 aliphatic rings. The van der Waals surface area contributed by atoms with Crippen molar-refractivity contribution in [3.05, 3.63) is 16.1 Å². The monoisotopic (exact) mass is 262 g/mol. The topological polar surface area (TPSA) is 70.5 Å². The molecule has 1 saturated heterocycles. The predicted octanol–water partition coefficient (Wildman–Crippen LogP) is -0.134. The molecule has 0 bridgehead atoms. The molecule has 0 saturated carbocycles. The van der Waals surface area contributed by atoms with Gasteiger partial charge in [0.25, 0.3) is 0 Å². The molecular weight excluding hydrogens is 248 g/mol. The van der Waals surface area contributed by atoms with E-state index in [9.17, 15) is 8.42 Å². The maximum Gasteiger partial charge on any atom is 0.152 e. The van der Waals surface area contributed by atoms with Crippen LogP contribution in [-0.4, -0.2) is 48.0 Å². The van der Waals surface area contributed by atoms with E-state index in [4.69, 9.17) is 5.11 Å². The van der Waals surface area contributed by atoms with Gasteiger partial charge >= 0.3 is 0 Å². The van der Waals surface area contributed by atoms with E-state index in [1.165, 1.54) is 11.3 Å². The lowest BCUT2D eigenvalue weighted by atomic mass is 10.4. The Labute approximate surface area is 98.7 Å². The van der Waals surface area contributed by atoms with Gasteiger partial charge in [0.05, 0.1) is 30.4 Å². The molecule has 1 aromatic rings. The number of aromatic nitrogens is 1. The lowest BCUT2D eigenvalue weighted by Crippen LogP contribution is -2.39. The van der Waals surface area contributed by atoms with Gasteiger partial charge in [0, 0.05) is 18.5 Å². The van der Waals surface area contributed by atoms with Gasteiger partial charge in [0.1, 0.15) is 5.01 Å². The molecule has 0 spiro atoms. The van der Waals surface area contributed by atoms with E-state index in [0.29, 0.717) is 25.3 Å². The van der Waals surface area contributed by atoms with Gasteiger partial charge in [-0.05, 0) is 0 Å². The van der Waals surface area contributed by atoms with Crippen LogP contribution < -0.4 is 0 Å². The normalized spacial score (nSPS) is 21.1. The Hall–Kier alpha value is -0.500. The highest BCUT2D eigenvalue weighted by atomic mass is 32.2. The number of nitrogens with zero attached hydrogens (tertiary/aromatic N) is 2. The smallest absolute Gasteiger partial charge is 0.152 e. The lowest BCUT2D eigenvalue weighted by molar-refractivity contribution is 0.273. The SMILES string of the molecule is O=S1(=O)CCN(Cc2nc(CO)cs2)CC1. The maximum absolute atomic E-state index is 11.2.